The van der Waals surface area contributed by atoms with Gasteiger partial charge in [-0.3, -0.25) is 4.79 Å². The summed E-state index contributed by atoms with van der Waals surface area (Å²) in [4.78, 5) is 12.1. The van der Waals surface area contributed by atoms with Crippen LogP contribution in [0.15, 0.2) is 91.0 Å². The summed E-state index contributed by atoms with van der Waals surface area (Å²) in [6.45, 7) is 2.39. The van der Waals surface area contributed by atoms with Crippen molar-refractivity contribution in [3.8, 4) is 0 Å². The Morgan fingerprint density at radius 3 is 2.06 bits per heavy atom. The zero-order chi connectivity index (χ0) is 21.5. The van der Waals surface area contributed by atoms with Gasteiger partial charge in [-0.2, -0.15) is 0 Å². The second kappa shape index (κ2) is 10.2. The van der Waals surface area contributed by atoms with Crippen molar-refractivity contribution in [1.82, 2.24) is 5.32 Å². The Balaban J connectivity index is 1.49. The molecule has 31 heavy (non-hydrogen) atoms. The van der Waals surface area contributed by atoms with E-state index >= 15 is 0 Å². The number of fused-ring (bicyclic) bond motifs is 2. The van der Waals surface area contributed by atoms with E-state index in [1.165, 1.54) is 27.8 Å². The molecule has 156 valence electrons. The number of carbonyl (C=O) groups excluding carboxylic acids is 1. The van der Waals surface area contributed by atoms with Gasteiger partial charge in [0.2, 0.25) is 0 Å². The lowest BCUT2D eigenvalue weighted by Crippen LogP contribution is -2.34. The lowest BCUT2D eigenvalue weighted by Gasteiger charge is -2.14. The Bertz CT molecular complexity index is 1040. The molecule has 2 nitrogen and oxygen atoms in total. The molecule has 1 aliphatic rings. The average Bonchev–Trinajstić information content (AvgIpc) is 2.96. The molecular weight excluding hydrogens is 378 g/mol. The van der Waals surface area contributed by atoms with E-state index < -0.39 is 0 Å². The number of ketones is 1. The molecule has 0 fully saturated rings. The first-order valence-electron chi connectivity index (χ1n) is 11.1. The summed E-state index contributed by atoms with van der Waals surface area (Å²) in [5.74, 6) is 0.130. The van der Waals surface area contributed by atoms with Gasteiger partial charge in [0.05, 0.1) is 6.04 Å². The quantitative estimate of drug-likeness (QED) is 0.497. The van der Waals surface area contributed by atoms with Crippen molar-refractivity contribution in [2.24, 2.45) is 0 Å². The second-order valence-electron chi connectivity index (χ2n) is 8.03. The molecule has 0 saturated carbocycles. The highest BCUT2D eigenvalue weighted by molar-refractivity contribution is 5.85. The minimum absolute atomic E-state index is 0.130. The first-order valence-corrected chi connectivity index (χ1v) is 11.1. The third-order valence-electron chi connectivity index (χ3n) is 5.85. The van der Waals surface area contributed by atoms with Crippen molar-refractivity contribution in [2.75, 3.05) is 6.54 Å². The van der Waals surface area contributed by atoms with Gasteiger partial charge in [-0.15, -0.1) is 0 Å². The summed E-state index contributed by atoms with van der Waals surface area (Å²) < 4.78 is 0. The van der Waals surface area contributed by atoms with Crippen molar-refractivity contribution in [1.29, 1.82) is 0 Å². The van der Waals surface area contributed by atoms with Crippen LogP contribution in [-0.4, -0.2) is 18.4 Å². The minimum atomic E-state index is -0.271. The lowest BCUT2D eigenvalue weighted by atomic mass is 9.93. The zero-order valence-electron chi connectivity index (χ0n) is 18.1. The molecule has 0 amide bonds. The van der Waals surface area contributed by atoms with E-state index in [1.54, 1.807) is 6.92 Å². The van der Waals surface area contributed by atoms with E-state index in [9.17, 15) is 4.79 Å². The smallest absolute Gasteiger partial charge is 0.150 e. The van der Waals surface area contributed by atoms with Crippen LogP contribution in [0, 0.1) is 0 Å². The number of nitrogens with one attached hydrogen (secondary N) is 1. The van der Waals surface area contributed by atoms with Crippen molar-refractivity contribution in [3.63, 3.8) is 0 Å². The highest BCUT2D eigenvalue weighted by Crippen LogP contribution is 2.33. The summed E-state index contributed by atoms with van der Waals surface area (Å²) in [7, 11) is 0. The van der Waals surface area contributed by atoms with Gasteiger partial charge in [0.15, 0.2) is 5.78 Å². The van der Waals surface area contributed by atoms with E-state index in [0.717, 1.165) is 31.4 Å². The van der Waals surface area contributed by atoms with Gasteiger partial charge >= 0.3 is 0 Å². The van der Waals surface area contributed by atoms with Crippen LogP contribution in [0.2, 0.25) is 0 Å². The number of hydrogen-bond donors (Lipinski definition) is 1. The molecule has 0 bridgehead atoms. The number of benzene rings is 3. The molecule has 4 rings (SSSR count). The Morgan fingerprint density at radius 2 is 1.45 bits per heavy atom. The van der Waals surface area contributed by atoms with E-state index in [1.807, 2.05) is 42.5 Å². The van der Waals surface area contributed by atoms with Crippen molar-refractivity contribution in [3.05, 3.63) is 119 Å². The average molecular weight is 408 g/mol. The van der Waals surface area contributed by atoms with E-state index in [2.05, 4.69) is 59.9 Å². The fourth-order valence-electron chi connectivity index (χ4n) is 4.21. The molecule has 0 aliphatic heterocycles. The predicted octanol–water partition coefficient (Wildman–Crippen LogP) is 5.87. The summed E-state index contributed by atoms with van der Waals surface area (Å²) in [6, 6.07) is 27.3. The minimum Gasteiger partial charge on any atom is -0.304 e. The molecule has 2 heteroatoms. The first kappa shape index (κ1) is 21.0. The molecule has 0 spiro atoms. The van der Waals surface area contributed by atoms with Gasteiger partial charge in [-0.25, -0.2) is 0 Å². The van der Waals surface area contributed by atoms with Crippen molar-refractivity contribution >= 4 is 17.4 Å². The third-order valence-corrected chi connectivity index (χ3v) is 5.85. The van der Waals surface area contributed by atoms with Gasteiger partial charge in [0.25, 0.3) is 0 Å². The normalized spacial score (nSPS) is 13.9. The van der Waals surface area contributed by atoms with Gasteiger partial charge in [0.1, 0.15) is 0 Å². The van der Waals surface area contributed by atoms with Gasteiger partial charge in [0, 0.05) is 0 Å². The Kier molecular flexibility index (Phi) is 6.91. The molecule has 0 heterocycles. The van der Waals surface area contributed by atoms with Gasteiger partial charge in [-0.1, -0.05) is 97.1 Å². The monoisotopic (exact) mass is 407 g/mol. The van der Waals surface area contributed by atoms with E-state index in [0.29, 0.717) is 0 Å². The Labute approximate surface area is 185 Å². The standard InChI is InChI=1S/C29H29NO/c1-22(31)29(20-17-23-10-3-2-4-11-23)30-21-9-16-28-26-14-7-5-12-24(26)18-19-25-13-6-8-15-27(25)28/h2-8,10-17,20,29-30H,9,18-19,21H2,1H3/b20-17+. The van der Waals surface area contributed by atoms with E-state index in [4.69, 9.17) is 0 Å². The summed E-state index contributed by atoms with van der Waals surface area (Å²) in [5.41, 5.74) is 7.89. The summed E-state index contributed by atoms with van der Waals surface area (Å²) in [6.07, 6.45) is 9.30. The number of aryl methyl sites for hydroxylation is 2. The fourth-order valence-corrected chi connectivity index (χ4v) is 4.21. The summed E-state index contributed by atoms with van der Waals surface area (Å²) >= 11 is 0. The molecule has 1 aliphatic carbocycles. The topological polar surface area (TPSA) is 29.1 Å². The second-order valence-corrected chi connectivity index (χ2v) is 8.03. The Hall–Kier alpha value is -3.23. The van der Waals surface area contributed by atoms with Crippen molar-refractivity contribution < 1.29 is 4.79 Å². The fraction of sp³-hybridized carbons (Fsp3) is 0.207. The maximum atomic E-state index is 12.1. The molecule has 1 unspecified atom stereocenters. The number of rotatable bonds is 7. The number of carbonyl (C=O) groups is 1. The van der Waals surface area contributed by atoms with Crippen LogP contribution < -0.4 is 5.32 Å². The molecule has 0 aromatic heterocycles. The first-order chi connectivity index (χ1) is 15.2. The molecule has 3 aromatic carbocycles. The third kappa shape index (κ3) is 5.28. The molecule has 0 saturated heterocycles. The molecule has 1 atom stereocenters. The highest BCUT2D eigenvalue weighted by Gasteiger charge is 2.17. The number of hydrogen-bond acceptors (Lipinski definition) is 2. The molecule has 3 aromatic rings. The van der Waals surface area contributed by atoms with Crippen LogP contribution in [0.1, 0.15) is 41.2 Å². The maximum Gasteiger partial charge on any atom is 0.150 e. The van der Waals surface area contributed by atoms with E-state index in [-0.39, 0.29) is 11.8 Å². The number of Topliss-reactive ketones (excluding diaryl/α,β-unsaturated/α-hetero) is 1. The van der Waals surface area contributed by atoms with Crippen molar-refractivity contribution in [2.45, 2.75) is 32.2 Å². The van der Waals surface area contributed by atoms with Crippen LogP contribution >= 0.6 is 0 Å². The molecular formula is C29H29NO. The largest absolute Gasteiger partial charge is 0.304 e. The van der Waals surface area contributed by atoms with Crippen LogP contribution in [0.4, 0.5) is 0 Å². The molecule has 1 N–H and O–H groups in total. The predicted molar refractivity (Wildman–Crippen MR) is 130 cm³/mol. The molecule has 0 radical (unpaired) electrons. The van der Waals surface area contributed by atoms with Crippen LogP contribution in [0.3, 0.4) is 0 Å². The van der Waals surface area contributed by atoms with Crippen LogP contribution in [0.5, 0.6) is 0 Å². The Morgan fingerprint density at radius 1 is 0.871 bits per heavy atom. The van der Waals surface area contributed by atoms with Crippen LogP contribution in [-0.2, 0) is 17.6 Å². The van der Waals surface area contributed by atoms with Gasteiger partial charge in [-0.05, 0) is 66.1 Å². The summed E-state index contributed by atoms with van der Waals surface area (Å²) in [5, 5.41) is 3.41. The lowest BCUT2D eigenvalue weighted by molar-refractivity contribution is -0.117. The zero-order valence-corrected chi connectivity index (χ0v) is 18.1. The SMILES string of the molecule is CC(=O)C(/C=C/c1ccccc1)NCCC=C1c2ccccc2CCc2ccccc21. The maximum absolute atomic E-state index is 12.1. The van der Waals surface area contributed by atoms with Gasteiger partial charge < -0.3 is 5.32 Å². The van der Waals surface area contributed by atoms with Crippen LogP contribution in [0.25, 0.3) is 11.6 Å². The highest BCUT2D eigenvalue weighted by atomic mass is 16.1.